The van der Waals surface area contributed by atoms with Crippen LogP contribution in [0.25, 0.3) is 0 Å². The predicted octanol–water partition coefficient (Wildman–Crippen LogP) is 3.86. The summed E-state index contributed by atoms with van der Waals surface area (Å²) in [6, 6.07) is 7.01. The molecular weight excluding hydrogens is 282 g/mol. The van der Waals surface area contributed by atoms with E-state index in [-0.39, 0.29) is 12.0 Å². The molecule has 1 aliphatic rings. The van der Waals surface area contributed by atoms with Gasteiger partial charge in [-0.3, -0.25) is 4.79 Å². The zero-order chi connectivity index (χ0) is 15.4. The number of furan rings is 1. The fourth-order valence-corrected chi connectivity index (χ4v) is 2.63. The highest BCUT2D eigenvalue weighted by molar-refractivity contribution is 6.04. The van der Waals surface area contributed by atoms with Crippen LogP contribution in [-0.4, -0.2) is 19.1 Å². The number of hydrogen-bond donors (Lipinski definition) is 1. The summed E-state index contributed by atoms with van der Waals surface area (Å²) in [4.78, 5) is 12.0. The van der Waals surface area contributed by atoms with Crippen LogP contribution in [0, 0.1) is 0 Å². The molecule has 1 saturated carbocycles. The van der Waals surface area contributed by atoms with Crippen molar-refractivity contribution in [3.05, 3.63) is 42.4 Å². The second-order valence-corrected chi connectivity index (χ2v) is 5.36. The van der Waals surface area contributed by atoms with Gasteiger partial charge in [-0.2, -0.15) is 0 Å². The third-order valence-corrected chi connectivity index (χ3v) is 3.80. The van der Waals surface area contributed by atoms with Crippen molar-refractivity contribution >= 4 is 11.6 Å². The van der Waals surface area contributed by atoms with Crippen LogP contribution in [-0.2, 0) is 0 Å². The van der Waals surface area contributed by atoms with E-state index < -0.39 is 0 Å². The van der Waals surface area contributed by atoms with Crippen molar-refractivity contribution in [2.24, 2.45) is 0 Å². The third kappa shape index (κ3) is 3.24. The molecule has 0 bridgehead atoms. The minimum Gasteiger partial charge on any atom is -0.493 e. The van der Waals surface area contributed by atoms with Gasteiger partial charge in [0.1, 0.15) is 6.26 Å². The van der Waals surface area contributed by atoms with E-state index in [1.54, 1.807) is 31.4 Å². The van der Waals surface area contributed by atoms with E-state index in [1.165, 1.54) is 25.4 Å². The maximum Gasteiger partial charge on any atom is 0.258 e. The maximum absolute atomic E-state index is 12.0. The number of anilines is 1. The first kappa shape index (κ1) is 14.5. The summed E-state index contributed by atoms with van der Waals surface area (Å²) in [6.45, 7) is 0. The predicted molar refractivity (Wildman–Crippen MR) is 82.5 cm³/mol. The molecule has 0 aliphatic heterocycles. The van der Waals surface area contributed by atoms with Gasteiger partial charge in [-0.1, -0.05) is 0 Å². The standard InChI is InChI=1S/C17H19NO4/c1-20-15-7-6-13(18-17(19)12-8-9-21-11-12)10-16(15)22-14-4-2-3-5-14/h6-11,14H,2-5H2,1H3,(H,18,19). The molecule has 1 N–H and O–H groups in total. The molecule has 2 aromatic rings. The van der Waals surface area contributed by atoms with E-state index in [9.17, 15) is 4.79 Å². The summed E-state index contributed by atoms with van der Waals surface area (Å²) >= 11 is 0. The fourth-order valence-electron chi connectivity index (χ4n) is 2.63. The molecule has 22 heavy (non-hydrogen) atoms. The lowest BCUT2D eigenvalue weighted by Crippen LogP contribution is -2.13. The Kier molecular flexibility index (Phi) is 4.32. The van der Waals surface area contributed by atoms with Crippen LogP contribution in [0.15, 0.2) is 41.2 Å². The Balaban J connectivity index is 1.75. The van der Waals surface area contributed by atoms with Crippen molar-refractivity contribution in [3.8, 4) is 11.5 Å². The Hall–Kier alpha value is -2.43. The van der Waals surface area contributed by atoms with Gasteiger partial charge >= 0.3 is 0 Å². The number of amides is 1. The van der Waals surface area contributed by atoms with Gasteiger partial charge < -0.3 is 19.2 Å². The zero-order valence-corrected chi connectivity index (χ0v) is 12.5. The van der Waals surface area contributed by atoms with Crippen molar-refractivity contribution < 1.29 is 18.7 Å². The van der Waals surface area contributed by atoms with Crippen molar-refractivity contribution in [2.75, 3.05) is 12.4 Å². The first-order valence-corrected chi connectivity index (χ1v) is 7.44. The second kappa shape index (κ2) is 6.56. The number of hydrogen-bond acceptors (Lipinski definition) is 4. The average Bonchev–Trinajstić information content (AvgIpc) is 3.21. The summed E-state index contributed by atoms with van der Waals surface area (Å²) in [5.41, 5.74) is 1.15. The van der Waals surface area contributed by atoms with Crippen molar-refractivity contribution in [3.63, 3.8) is 0 Å². The molecule has 3 rings (SSSR count). The van der Waals surface area contributed by atoms with Crippen LogP contribution >= 0.6 is 0 Å². The van der Waals surface area contributed by atoms with E-state index in [0.29, 0.717) is 22.7 Å². The maximum atomic E-state index is 12.0. The van der Waals surface area contributed by atoms with Gasteiger partial charge in [0.05, 0.1) is 25.0 Å². The number of nitrogens with one attached hydrogen (secondary N) is 1. The van der Waals surface area contributed by atoms with Gasteiger partial charge in [0.25, 0.3) is 5.91 Å². The van der Waals surface area contributed by atoms with Crippen molar-refractivity contribution in [1.82, 2.24) is 0 Å². The second-order valence-electron chi connectivity index (χ2n) is 5.36. The molecule has 1 heterocycles. The molecular formula is C17H19NO4. The number of methoxy groups -OCH3 is 1. The number of benzene rings is 1. The van der Waals surface area contributed by atoms with Crippen LogP contribution in [0.3, 0.4) is 0 Å². The Labute approximate surface area is 129 Å². The highest BCUT2D eigenvalue weighted by Gasteiger charge is 2.19. The molecule has 1 aliphatic carbocycles. The van der Waals surface area contributed by atoms with Crippen molar-refractivity contribution in [1.29, 1.82) is 0 Å². The quantitative estimate of drug-likeness (QED) is 0.911. The van der Waals surface area contributed by atoms with Gasteiger partial charge in [0, 0.05) is 11.8 Å². The van der Waals surface area contributed by atoms with E-state index in [0.717, 1.165) is 12.8 Å². The zero-order valence-electron chi connectivity index (χ0n) is 12.5. The minimum atomic E-state index is -0.217. The van der Waals surface area contributed by atoms with Crippen LogP contribution < -0.4 is 14.8 Å². The lowest BCUT2D eigenvalue weighted by atomic mass is 10.2. The molecule has 1 amide bonds. The molecule has 5 nitrogen and oxygen atoms in total. The highest BCUT2D eigenvalue weighted by atomic mass is 16.5. The molecule has 0 spiro atoms. The monoisotopic (exact) mass is 301 g/mol. The summed E-state index contributed by atoms with van der Waals surface area (Å²) < 4.78 is 16.3. The smallest absolute Gasteiger partial charge is 0.258 e. The first-order chi connectivity index (χ1) is 10.8. The van der Waals surface area contributed by atoms with Crippen molar-refractivity contribution in [2.45, 2.75) is 31.8 Å². The number of rotatable bonds is 5. The fraction of sp³-hybridized carbons (Fsp3) is 0.353. The molecule has 0 saturated heterocycles. The molecule has 116 valence electrons. The number of ether oxygens (including phenoxy) is 2. The minimum absolute atomic E-state index is 0.217. The molecule has 0 unspecified atom stereocenters. The van der Waals surface area contributed by atoms with E-state index in [1.807, 2.05) is 0 Å². The average molecular weight is 301 g/mol. The van der Waals surface area contributed by atoms with Crippen LogP contribution in [0.1, 0.15) is 36.0 Å². The topological polar surface area (TPSA) is 60.7 Å². The van der Waals surface area contributed by atoms with Crippen LogP contribution in [0.2, 0.25) is 0 Å². The summed E-state index contributed by atoms with van der Waals surface area (Å²) in [5.74, 6) is 1.12. The SMILES string of the molecule is COc1ccc(NC(=O)c2ccoc2)cc1OC1CCCC1. The lowest BCUT2D eigenvalue weighted by Gasteiger charge is -2.17. The van der Waals surface area contributed by atoms with Gasteiger partial charge in [-0.15, -0.1) is 0 Å². The number of carbonyl (C=O) groups is 1. The molecule has 1 aromatic carbocycles. The summed E-state index contributed by atoms with van der Waals surface area (Å²) in [5, 5.41) is 2.83. The van der Waals surface area contributed by atoms with Gasteiger partial charge in [-0.25, -0.2) is 0 Å². The first-order valence-electron chi connectivity index (χ1n) is 7.44. The Bertz CT molecular complexity index is 630. The Morgan fingerprint density at radius 1 is 1.23 bits per heavy atom. The summed E-state index contributed by atoms with van der Waals surface area (Å²) in [6.07, 6.45) is 7.64. The van der Waals surface area contributed by atoms with Gasteiger partial charge in [-0.05, 0) is 43.9 Å². The van der Waals surface area contributed by atoms with Crippen LogP contribution in [0.4, 0.5) is 5.69 Å². The van der Waals surface area contributed by atoms with E-state index >= 15 is 0 Å². The van der Waals surface area contributed by atoms with Gasteiger partial charge in [0.15, 0.2) is 11.5 Å². The number of carbonyl (C=O) groups excluding carboxylic acids is 1. The van der Waals surface area contributed by atoms with E-state index in [4.69, 9.17) is 13.9 Å². The Morgan fingerprint density at radius 2 is 2.05 bits per heavy atom. The van der Waals surface area contributed by atoms with E-state index in [2.05, 4.69) is 5.32 Å². The molecule has 5 heteroatoms. The highest BCUT2D eigenvalue weighted by Crippen LogP contribution is 2.34. The Morgan fingerprint density at radius 3 is 2.73 bits per heavy atom. The largest absolute Gasteiger partial charge is 0.493 e. The van der Waals surface area contributed by atoms with Crippen LogP contribution in [0.5, 0.6) is 11.5 Å². The van der Waals surface area contributed by atoms with Gasteiger partial charge in [0.2, 0.25) is 0 Å². The lowest BCUT2D eigenvalue weighted by molar-refractivity contribution is 0.102. The normalized spacial score (nSPS) is 14.8. The molecule has 0 atom stereocenters. The molecule has 0 radical (unpaired) electrons. The third-order valence-electron chi connectivity index (χ3n) is 3.80. The molecule has 1 aromatic heterocycles. The molecule has 1 fully saturated rings. The summed E-state index contributed by atoms with van der Waals surface area (Å²) in [7, 11) is 1.61.